The molecule has 4 aromatic rings. The van der Waals surface area contributed by atoms with Crippen LogP contribution in [0.3, 0.4) is 0 Å². The molecule has 0 spiro atoms. The number of H-pyrrole nitrogens is 1. The third kappa shape index (κ3) is 9.03. The van der Waals surface area contributed by atoms with Crippen LogP contribution in [0.4, 0.5) is 17.2 Å². The number of ether oxygens (including phenoxy) is 4. The van der Waals surface area contributed by atoms with Crippen LogP contribution in [0, 0.1) is 0 Å². The lowest BCUT2D eigenvalue weighted by molar-refractivity contribution is -0.136. The van der Waals surface area contributed by atoms with Gasteiger partial charge in [0.15, 0.2) is 12.4 Å². The van der Waals surface area contributed by atoms with Crippen LogP contribution in [0.1, 0.15) is 43.9 Å². The lowest BCUT2D eigenvalue weighted by atomic mass is 10.0. The number of carbonyl (C=O) groups excluding carboxylic acids is 6. The molecule has 1 saturated heterocycles. The number of anilines is 3. The average Bonchev–Trinajstić information content (AvgIpc) is 3.70. The molecule has 1 atom stereocenters. The van der Waals surface area contributed by atoms with Crippen molar-refractivity contribution in [2.45, 2.75) is 18.9 Å². The Morgan fingerprint density at radius 2 is 1.69 bits per heavy atom. The highest BCUT2D eigenvalue weighted by atomic mass is 16.5. The average molecular weight is 756 g/mol. The van der Waals surface area contributed by atoms with Gasteiger partial charge in [-0.15, -0.1) is 0 Å². The van der Waals surface area contributed by atoms with Crippen molar-refractivity contribution in [3.63, 3.8) is 0 Å². The zero-order valence-corrected chi connectivity index (χ0v) is 29.3. The Balaban J connectivity index is 0.854. The maximum Gasteiger partial charge on any atom is 0.266 e. The summed E-state index contributed by atoms with van der Waals surface area (Å²) in [6.07, 6.45) is 1.55. The van der Waals surface area contributed by atoms with Gasteiger partial charge in [0.25, 0.3) is 23.6 Å². The standard InChI is InChI=1S/C36H37N9O10/c37-21-6-4-20(5-7-21)31-30(32(38)48)33(44-43-31)41-22-10-11-40-28(18-22)54-17-16-53-15-14-52-13-12-39-27(47)19-55-25-3-1-2-23-29(25)36(51)45(35(23)50)24-8-9-26(46)42-34(24)49/h1-7,10-11,18,24H,8-9,12-17,19,37H2,(H2,38,48)(H,39,47)(H,42,46,49)(H2,40,41,43,44). The molecule has 6 rings (SSSR count). The number of fused-ring (bicyclic) bond motifs is 1. The molecule has 1 unspecified atom stereocenters. The van der Waals surface area contributed by atoms with Crippen molar-refractivity contribution in [3.8, 4) is 22.9 Å². The second-order valence-corrected chi connectivity index (χ2v) is 12.2. The van der Waals surface area contributed by atoms with Gasteiger partial charge in [-0.05, 0) is 36.8 Å². The number of primary amides is 1. The Kier molecular flexibility index (Phi) is 11.9. The molecule has 286 valence electrons. The van der Waals surface area contributed by atoms with E-state index in [4.69, 9.17) is 30.4 Å². The lowest BCUT2D eigenvalue weighted by Crippen LogP contribution is -2.54. The minimum atomic E-state index is -1.11. The summed E-state index contributed by atoms with van der Waals surface area (Å²) >= 11 is 0. The molecule has 0 saturated carbocycles. The third-order valence-electron chi connectivity index (χ3n) is 8.42. The van der Waals surface area contributed by atoms with Crippen LogP contribution in [0.2, 0.25) is 0 Å². The molecule has 19 heteroatoms. The van der Waals surface area contributed by atoms with Gasteiger partial charge >= 0.3 is 0 Å². The molecule has 2 aromatic carbocycles. The van der Waals surface area contributed by atoms with E-state index in [0.29, 0.717) is 28.5 Å². The van der Waals surface area contributed by atoms with E-state index in [1.54, 1.807) is 36.4 Å². The second kappa shape index (κ2) is 17.3. The summed E-state index contributed by atoms with van der Waals surface area (Å²) in [5, 5.41) is 14.9. The topological polar surface area (TPSA) is 272 Å². The molecule has 0 radical (unpaired) electrons. The summed E-state index contributed by atoms with van der Waals surface area (Å²) in [6, 6.07) is 13.5. The summed E-state index contributed by atoms with van der Waals surface area (Å²) in [5.41, 5.74) is 13.9. The van der Waals surface area contributed by atoms with Gasteiger partial charge in [0.2, 0.25) is 17.7 Å². The second-order valence-electron chi connectivity index (χ2n) is 12.2. The van der Waals surface area contributed by atoms with Crippen LogP contribution in [-0.4, -0.2) is 108 Å². The van der Waals surface area contributed by atoms with Crippen molar-refractivity contribution in [2.24, 2.45) is 5.73 Å². The van der Waals surface area contributed by atoms with E-state index < -0.39 is 48.1 Å². The van der Waals surface area contributed by atoms with Crippen molar-refractivity contribution in [3.05, 3.63) is 77.5 Å². The highest BCUT2D eigenvalue weighted by Crippen LogP contribution is 2.34. The number of piperidine rings is 1. The van der Waals surface area contributed by atoms with E-state index >= 15 is 0 Å². The fraction of sp³-hybridized carbons (Fsp3) is 0.278. The van der Waals surface area contributed by atoms with Crippen molar-refractivity contribution in [1.29, 1.82) is 0 Å². The van der Waals surface area contributed by atoms with Gasteiger partial charge in [0.1, 0.15) is 24.0 Å². The number of hydrogen-bond acceptors (Lipinski definition) is 14. The summed E-state index contributed by atoms with van der Waals surface area (Å²) in [5.74, 6) is -3.18. The van der Waals surface area contributed by atoms with Gasteiger partial charge in [-0.1, -0.05) is 18.2 Å². The fourth-order valence-corrected chi connectivity index (χ4v) is 5.82. The van der Waals surface area contributed by atoms with Crippen molar-refractivity contribution in [1.82, 2.24) is 30.7 Å². The molecule has 2 aliphatic rings. The number of pyridine rings is 1. The predicted molar refractivity (Wildman–Crippen MR) is 193 cm³/mol. The van der Waals surface area contributed by atoms with Gasteiger partial charge in [-0.2, -0.15) is 5.10 Å². The molecule has 0 aliphatic carbocycles. The Hall–Kier alpha value is -6.86. The highest BCUT2D eigenvalue weighted by molar-refractivity contribution is 6.24. The van der Waals surface area contributed by atoms with Crippen LogP contribution in [0.15, 0.2) is 60.8 Å². The number of aromatic amines is 1. The molecule has 8 N–H and O–H groups in total. The molecule has 19 nitrogen and oxygen atoms in total. The first-order valence-corrected chi connectivity index (χ1v) is 17.1. The molecular formula is C36H37N9O10. The maximum absolute atomic E-state index is 13.2. The monoisotopic (exact) mass is 755 g/mol. The number of carbonyl (C=O) groups is 6. The van der Waals surface area contributed by atoms with Crippen LogP contribution in [0.25, 0.3) is 11.3 Å². The largest absolute Gasteiger partial charge is 0.483 e. The van der Waals surface area contributed by atoms with Crippen molar-refractivity contribution in [2.75, 3.05) is 57.2 Å². The quantitative estimate of drug-likeness (QED) is 0.0468. The SMILES string of the molecule is NC(=O)c1c(Nc2ccnc(OCCOCCOCCNC(=O)COc3cccc4c3C(=O)N(C3CCC(=O)NC3=O)C4=O)c2)n[nH]c1-c1ccc(N)cc1. The van der Waals surface area contributed by atoms with E-state index in [1.165, 1.54) is 24.4 Å². The molecule has 6 amide bonds. The highest BCUT2D eigenvalue weighted by Gasteiger charge is 2.46. The maximum atomic E-state index is 13.2. The Bertz CT molecular complexity index is 2100. The number of imide groups is 2. The summed E-state index contributed by atoms with van der Waals surface area (Å²) < 4.78 is 22.3. The third-order valence-corrected chi connectivity index (χ3v) is 8.42. The number of hydrogen-bond donors (Lipinski definition) is 6. The van der Waals surface area contributed by atoms with E-state index in [2.05, 4.69) is 31.1 Å². The minimum absolute atomic E-state index is 0.00144. The number of nitrogens with two attached hydrogens (primary N) is 2. The van der Waals surface area contributed by atoms with E-state index in [0.717, 1.165) is 4.90 Å². The van der Waals surface area contributed by atoms with Crippen LogP contribution in [0.5, 0.6) is 11.6 Å². The van der Waals surface area contributed by atoms with Crippen molar-refractivity contribution < 1.29 is 47.7 Å². The Labute approximate surface area is 313 Å². The first kappa shape index (κ1) is 37.9. The Morgan fingerprint density at radius 3 is 2.45 bits per heavy atom. The number of rotatable bonds is 18. The zero-order chi connectivity index (χ0) is 38.9. The molecular weight excluding hydrogens is 718 g/mol. The van der Waals surface area contributed by atoms with Gasteiger partial charge in [-0.3, -0.25) is 44.1 Å². The van der Waals surface area contributed by atoms with Crippen molar-refractivity contribution >= 4 is 52.6 Å². The van der Waals surface area contributed by atoms with Crippen LogP contribution < -0.4 is 36.9 Å². The molecule has 2 aliphatic heterocycles. The summed E-state index contributed by atoms with van der Waals surface area (Å²) in [7, 11) is 0. The lowest BCUT2D eigenvalue weighted by Gasteiger charge is -2.27. The zero-order valence-electron chi connectivity index (χ0n) is 29.3. The predicted octanol–water partition coefficient (Wildman–Crippen LogP) is 0.905. The van der Waals surface area contributed by atoms with E-state index in [-0.39, 0.29) is 80.7 Å². The Morgan fingerprint density at radius 1 is 0.927 bits per heavy atom. The molecule has 55 heavy (non-hydrogen) atoms. The number of aromatic nitrogens is 3. The molecule has 0 bridgehead atoms. The fourth-order valence-electron chi connectivity index (χ4n) is 5.82. The number of nitrogen functional groups attached to an aromatic ring is 1. The number of nitrogens with zero attached hydrogens (tertiary/aromatic N) is 3. The molecule has 4 heterocycles. The van der Waals surface area contributed by atoms with E-state index in [1.807, 2.05) is 0 Å². The first-order valence-electron chi connectivity index (χ1n) is 17.1. The molecule has 1 fully saturated rings. The summed E-state index contributed by atoms with van der Waals surface area (Å²) in [6.45, 7) is 0.899. The van der Waals surface area contributed by atoms with E-state index in [9.17, 15) is 28.8 Å². The minimum Gasteiger partial charge on any atom is -0.483 e. The number of benzene rings is 2. The van der Waals surface area contributed by atoms with Crippen LogP contribution >= 0.6 is 0 Å². The first-order chi connectivity index (χ1) is 26.6. The number of amides is 6. The number of nitrogens with one attached hydrogen (secondary N) is 4. The van der Waals surface area contributed by atoms with Gasteiger partial charge in [0, 0.05) is 42.2 Å². The molecule has 2 aromatic heterocycles. The smallest absolute Gasteiger partial charge is 0.266 e. The van der Waals surface area contributed by atoms with Gasteiger partial charge in [-0.25, -0.2) is 4.98 Å². The van der Waals surface area contributed by atoms with Gasteiger partial charge < -0.3 is 41.0 Å². The normalized spacial score (nSPS) is 15.1. The summed E-state index contributed by atoms with van der Waals surface area (Å²) in [4.78, 5) is 79.6. The van der Waals surface area contributed by atoms with Crippen LogP contribution in [-0.2, 0) is 23.9 Å². The van der Waals surface area contributed by atoms with Gasteiger partial charge in [0.05, 0.1) is 43.2 Å².